The third-order valence-corrected chi connectivity index (χ3v) is 4.90. The molecule has 1 aromatic heterocycles. The number of hydrogen-bond acceptors (Lipinski definition) is 4. The van der Waals surface area contributed by atoms with Crippen molar-refractivity contribution in [2.45, 2.75) is 25.3 Å². The molecule has 1 aliphatic rings. The molecule has 1 aliphatic heterocycles. The molecule has 1 saturated heterocycles. The molecule has 0 radical (unpaired) electrons. The van der Waals surface area contributed by atoms with Gasteiger partial charge in [0.05, 0.1) is 17.1 Å². The average molecular weight is 333 g/mol. The van der Waals surface area contributed by atoms with Gasteiger partial charge in [-0.3, -0.25) is 4.79 Å². The minimum Gasteiger partial charge on any atom is -0.381 e. The van der Waals surface area contributed by atoms with Crippen LogP contribution in [0.4, 0.5) is 0 Å². The first kappa shape index (κ1) is 16.3. The molecule has 0 aliphatic carbocycles. The molecule has 0 saturated carbocycles. The zero-order valence-electron chi connectivity index (χ0n) is 13.4. The van der Waals surface area contributed by atoms with Gasteiger partial charge in [-0.1, -0.05) is 12.1 Å². The number of hydrogen-bond donors (Lipinski definition) is 2. The van der Waals surface area contributed by atoms with Crippen molar-refractivity contribution in [1.82, 2.24) is 15.3 Å². The number of H-pyrrole nitrogens is 1. The van der Waals surface area contributed by atoms with Crippen LogP contribution in [0.2, 0.25) is 0 Å². The summed E-state index contributed by atoms with van der Waals surface area (Å²) < 4.78 is 5.34. The number of fused-ring (bicyclic) bond motifs is 1. The standard InChI is InChI=1S/C17H23N3O2S/c1-23-11-8-15(20-17(21)12-6-9-22-10-7-12)16-18-13-4-2-3-5-14(13)19-16/h2-5,12,15H,6-11H2,1H3,(H,18,19)(H,20,21)/t15-/m1/s1. The lowest BCUT2D eigenvalue weighted by Crippen LogP contribution is -2.37. The van der Waals surface area contributed by atoms with Gasteiger partial charge in [-0.25, -0.2) is 4.98 Å². The lowest BCUT2D eigenvalue weighted by atomic mass is 9.99. The predicted molar refractivity (Wildman–Crippen MR) is 93.5 cm³/mol. The maximum Gasteiger partial charge on any atom is 0.223 e. The Balaban J connectivity index is 1.75. The number of amides is 1. The summed E-state index contributed by atoms with van der Waals surface area (Å²) in [4.78, 5) is 20.6. The Morgan fingerprint density at radius 1 is 1.43 bits per heavy atom. The monoisotopic (exact) mass is 333 g/mol. The van der Waals surface area contributed by atoms with Gasteiger partial charge in [0, 0.05) is 19.1 Å². The van der Waals surface area contributed by atoms with E-state index in [1.807, 2.05) is 24.3 Å². The van der Waals surface area contributed by atoms with Crippen molar-refractivity contribution < 1.29 is 9.53 Å². The van der Waals surface area contributed by atoms with E-state index in [0.717, 1.165) is 41.9 Å². The first-order valence-corrected chi connectivity index (χ1v) is 9.49. The summed E-state index contributed by atoms with van der Waals surface area (Å²) in [6.45, 7) is 1.36. The van der Waals surface area contributed by atoms with E-state index in [1.165, 1.54) is 0 Å². The van der Waals surface area contributed by atoms with Crippen LogP contribution in [0.25, 0.3) is 11.0 Å². The van der Waals surface area contributed by atoms with Crippen molar-refractivity contribution in [3.63, 3.8) is 0 Å². The van der Waals surface area contributed by atoms with Crippen LogP contribution < -0.4 is 5.32 Å². The Morgan fingerprint density at radius 2 is 2.22 bits per heavy atom. The summed E-state index contributed by atoms with van der Waals surface area (Å²) in [5.74, 6) is 2.01. The third-order valence-electron chi connectivity index (χ3n) is 4.26. The quantitative estimate of drug-likeness (QED) is 0.853. The van der Waals surface area contributed by atoms with Crippen LogP contribution in [0, 0.1) is 5.92 Å². The number of aromatic amines is 1. The molecule has 124 valence electrons. The zero-order chi connectivity index (χ0) is 16.1. The molecule has 1 amide bonds. The summed E-state index contributed by atoms with van der Waals surface area (Å²) >= 11 is 1.78. The van der Waals surface area contributed by atoms with Gasteiger partial charge < -0.3 is 15.0 Å². The predicted octanol–water partition coefficient (Wildman–Crippen LogP) is 2.90. The topological polar surface area (TPSA) is 67.0 Å². The van der Waals surface area contributed by atoms with Crippen LogP contribution in [0.15, 0.2) is 24.3 Å². The number of benzene rings is 1. The second-order valence-electron chi connectivity index (χ2n) is 5.87. The molecule has 0 bridgehead atoms. The van der Waals surface area contributed by atoms with Crippen LogP contribution in [0.3, 0.4) is 0 Å². The van der Waals surface area contributed by atoms with Crippen molar-refractivity contribution in [3.05, 3.63) is 30.1 Å². The fraction of sp³-hybridized carbons (Fsp3) is 0.529. The summed E-state index contributed by atoms with van der Waals surface area (Å²) in [6.07, 6.45) is 4.56. The fourth-order valence-electron chi connectivity index (χ4n) is 2.90. The highest BCUT2D eigenvalue weighted by atomic mass is 32.2. The number of carbonyl (C=O) groups excluding carboxylic acids is 1. The number of rotatable bonds is 6. The molecular weight excluding hydrogens is 310 g/mol. The number of para-hydroxylation sites is 2. The molecule has 0 spiro atoms. The van der Waals surface area contributed by atoms with Crippen LogP contribution >= 0.6 is 11.8 Å². The normalized spacial score (nSPS) is 17.3. The molecule has 3 rings (SSSR count). The molecule has 23 heavy (non-hydrogen) atoms. The van der Waals surface area contributed by atoms with Crippen LogP contribution in [-0.2, 0) is 9.53 Å². The lowest BCUT2D eigenvalue weighted by molar-refractivity contribution is -0.128. The van der Waals surface area contributed by atoms with Crippen LogP contribution in [0.5, 0.6) is 0 Å². The lowest BCUT2D eigenvalue weighted by Gasteiger charge is -2.24. The smallest absolute Gasteiger partial charge is 0.223 e. The zero-order valence-corrected chi connectivity index (χ0v) is 14.2. The fourth-order valence-corrected chi connectivity index (χ4v) is 3.37. The molecule has 0 unspecified atom stereocenters. The van der Waals surface area contributed by atoms with Gasteiger partial charge in [0.15, 0.2) is 0 Å². The Labute approximate surface area is 140 Å². The molecule has 2 heterocycles. The Hall–Kier alpha value is -1.53. The number of ether oxygens (including phenoxy) is 1. The molecule has 1 aromatic carbocycles. The van der Waals surface area contributed by atoms with Gasteiger partial charge in [0.2, 0.25) is 5.91 Å². The second kappa shape index (κ2) is 7.84. The number of nitrogens with zero attached hydrogens (tertiary/aromatic N) is 1. The molecule has 2 aromatic rings. The molecule has 5 nitrogen and oxygen atoms in total. The van der Waals surface area contributed by atoms with Crippen molar-refractivity contribution in [2.75, 3.05) is 25.2 Å². The number of carbonyl (C=O) groups is 1. The van der Waals surface area contributed by atoms with E-state index in [-0.39, 0.29) is 17.9 Å². The first-order chi connectivity index (χ1) is 11.3. The Morgan fingerprint density at radius 3 is 2.96 bits per heavy atom. The highest BCUT2D eigenvalue weighted by Crippen LogP contribution is 2.22. The van der Waals surface area contributed by atoms with Crippen molar-refractivity contribution in [3.8, 4) is 0 Å². The van der Waals surface area contributed by atoms with Crippen LogP contribution in [0.1, 0.15) is 31.1 Å². The number of thioether (sulfide) groups is 1. The van der Waals surface area contributed by atoms with Gasteiger partial charge in [-0.2, -0.15) is 11.8 Å². The Kier molecular flexibility index (Phi) is 5.56. The Bertz CT molecular complexity index is 619. The molecule has 1 atom stereocenters. The van der Waals surface area contributed by atoms with E-state index >= 15 is 0 Å². The molecular formula is C17H23N3O2S. The van der Waals surface area contributed by atoms with Crippen molar-refractivity contribution >= 4 is 28.7 Å². The van der Waals surface area contributed by atoms with E-state index in [1.54, 1.807) is 11.8 Å². The molecule has 6 heteroatoms. The van der Waals surface area contributed by atoms with E-state index < -0.39 is 0 Å². The van der Waals surface area contributed by atoms with Crippen molar-refractivity contribution in [1.29, 1.82) is 0 Å². The molecule has 2 N–H and O–H groups in total. The number of aromatic nitrogens is 2. The first-order valence-electron chi connectivity index (χ1n) is 8.09. The number of nitrogens with one attached hydrogen (secondary N) is 2. The van der Waals surface area contributed by atoms with Gasteiger partial charge in [-0.05, 0) is 43.4 Å². The van der Waals surface area contributed by atoms with Crippen molar-refractivity contribution in [2.24, 2.45) is 5.92 Å². The maximum absolute atomic E-state index is 12.5. The van der Waals surface area contributed by atoms with E-state index in [2.05, 4.69) is 21.5 Å². The van der Waals surface area contributed by atoms with E-state index in [9.17, 15) is 4.79 Å². The van der Waals surface area contributed by atoms with Crippen LogP contribution in [-0.4, -0.2) is 41.1 Å². The summed E-state index contributed by atoms with van der Waals surface area (Å²) in [5, 5.41) is 3.20. The van der Waals surface area contributed by atoms with E-state index in [0.29, 0.717) is 13.2 Å². The summed E-state index contributed by atoms with van der Waals surface area (Å²) in [6, 6.07) is 7.90. The summed E-state index contributed by atoms with van der Waals surface area (Å²) in [7, 11) is 0. The second-order valence-corrected chi connectivity index (χ2v) is 6.85. The van der Waals surface area contributed by atoms with Gasteiger partial charge in [0.25, 0.3) is 0 Å². The highest BCUT2D eigenvalue weighted by Gasteiger charge is 2.25. The SMILES string of the molecule is CSCC[C@@H](NC(=O)C1CCOCC1)c1nc2ccccc2[nH]1. The third kappa shape index (κ3) is 4.06. The minimum absolute atomic E-state index is 0.0601. The van der Waals surface area contributed by atoms with Gasteiger partial charge >= 0.3 is 0 Å². The maximum atomic E-state index is 12.5. The largest absolute Gasteiger partial charge is 0.381 e. The summed E-state index contributed by atoms with van der Waals surface area (Å²) in [5.41, 5.74) is 1.95. The van der Waals surface area contributed by atoms with Gasteiger partial charge in [0.1, 0.15) is 5.82 Å². The highest BCUT2D eigenvalue weighted by molar-refractivity contribution is 7.98. The van der Waals surface area contributed by atoms with Gasteiger partial charge in [-0.15, -0.1) is 0 Å². The average Bonchev–Trinajstić information content (AvgIpc) is 3.03. The minimum atomic E-state index is -0.0646. The molecule has 1 fully saturated rings. The number of imidazole rings is 1. The van der Waals surface area contributed by atoms with E-state index in [4.69, 9.17) is 4.74 Å².